The van der Waals surface area contributed by atoms with E-state index in [2.05, 4.69) is 10.7 Å². The first kappa shape index (κ1) is 19.9. The van der Waals surface area contributed by atoms with Gasteiger partial charge in [-0.15, -0.1) is 0 Å². The summed E-state index contributed by atoms with van der Waals surface area (Å²) >= 11 is 0. The molecule has 0 aliphatic rings. The molecule has 4 unspecified atom stereocenters. The van der Waals surface area contributed by atoms with Crippen molar-refractivity contribution in [2.45, 2.75) is 24.4 Å². The number of rotatable bonds is 6. The Kier molecular flexibility index (Phi) is 10.5. The van der Waals surface area contributed by atoms with Crippen molar-refractivity contribution >= 4 is 14.1 Å². The molecule has 0 amide bonds. The smallest absolute Gasteiger partial charge is 0.394 e. The molecule has 0 heterocycles. The molecular weight excluding hydrogens is 277 g/mol. The van der Waals surface area contributed by atoms with Crippen LogP contribution >= 0.6 is 7.82 Å². The van der Waals surface area contributed by atoms with Crippen molar-refractivity contribution in [1.82, 2.24) is 0 Å². The summed E-state index contributed by atoms with van der Waals surface area (Å²) in [4.78, 5) is 35.7. The monoisotopic (exact) mass is 293 g/mol. The van der Waals surface area contributed by atoms with E-state index in [9.17, 15) is 4.79 Å². The molecule has 0 rings (SSSR count). The molecule has 0 saturated carbocycles. The van der Waals surface area contributed by atoms with Gasteiger partial charge in [-0.3, -0.25) is 4.84 Å². The van der Waals surface area contributed by atoms with E-state index in [1.807, 2.05) is 0 Å². The van der Waals surface area contributed by atoms with Gasteiger partial charge in [0, 0.05) is 0 Å². The Morgan fingerprint density at radius 3 is 1.78 bits per heavy atom. The molecule has 18 heavy (non-hydrogen) atoms. The fraction of sp³-hybridized carbons (Fsp3) is 0.833. The van der Waals surface area contributed by atoms with Gasteiger partial charge < -0.3 is 39.9 Å². The quantitative estimate of drug-likeness (QED) is 0.133. The Morgan fingerprint density at radius 2 is 1.56 bits per heavy atom. The summed E-state index contributed by atoms with van der Waals surface area (Å²) in [5.74, 6) is 4.62. The van der Waals surface area contributed by atoms with Crippen molar-refractivity contribution in [3.05, 3.63) is 0 Å². The number of hydrogen-bond donors (Lipinski definition) is 8. The Hall–Kier alpha value is -0.460. The lowest BCUT2D eigenvalue weighted by molar-refractivity contribution is -0.146. The lowest BCUT2D eigenvalue weighted by Crippen LogP contribution is -2.48. The van der Waals surface area contributed by atoms with Crippen LogP contribution in [0.1, 0.15) is 0 Å². The van der Waals surface area contributed by atoms with Gasteiger partial charge in [-0.1, -0.05) is 0 Å². The van der Waals surface area contributed by atoms with E-state index in [1.54, 1.807) is 0 Å². The Balaban J connectivity index is 0. The molecule has 4 atom stereocenters. The van der Waals surface area contributed by atoms with Gasteiger partial charge in [0.05, 0.1) is 6.61 Å². The van der Waals surface area contributed by atoms with E-state index in [1.165, 1.54) is 0 Å². The summed E-state index contributed by atoms with van der Waals surface area (Å²) < 4.78 is 8.88. The molecule has 0 bridgehead atoms. The average Bonchev–Trinajstić information content (AvgIpc) is 2.26. The third-order valence-corrected chi connectivity index (χ3v) is 1.56. The van der Waals surface area contributed by atoms with Crippen LogP contribution in [0.2, 0.25) is 0 Å². The van der Waals surface area contributed by atoms with E-state index in [0.717, 1.165) is 0 Å². The van der Waals surface area contributed by atoms with Crippen LogP contribution in [-0.2, 0) is 14.2 Å². The third-order valence-electron chi connectivity index (χ3n) is 1.56. The SMILES string of the molecule is NOC(C=O)C(O)C(O)C(O)CO.O=P(O)(O)O. The first-order valence-electron chi connectivity index (χ1n) is 4.32. The normalized spacial score (nSPS) is 18.0. The molecule has 12 heteroatoms. The van der Waals surface area contributed by atoms with Gasteiger partial charge in [0.1, 0.15) is 18.3 Å². The Morgan fingerprint density at radius 1 is 1.17 bits per heavy atom. The van der Waals surface area contributed by atoms with Gasteiger partial charge in [0.2, 0.25) is 0 Å². The van der Waals surface area contributed by atoms with Crippen LogP contribution < -0.4 is 5.90 Å². The molecule has 0 aliphatic heterocycles. The number of aliphatic hydroxyl groups is 4. The lowest BCUT2D eigenvalue weighted by atomic mass is 10.0. The van der Waals surface area contributed by atoms with E-state index in [-0.39, 0.29) is 6.29 Å². The minimum atomic E-state index is -4.64. The second-order valence-corrected chi connectivity index (χ2v) is 4.01. The highest BCUT2D eigenvalue weighted by molar-refractivity contribution is 7.45. The maximum Gasteiger partial charge on any atom is 0.466 e. The zero-order valence-corrected chi connectivity index (χ0v) is 9.87. The predicted molar refractivity (Wildman–Crippen MR) is 54.5 cm³/mol. The topological polar surface area (TPSA) is 211 Å². The fourth-order valence-electron chi connectivity index (χ4n) is 0.723. The van der Waals surface area contributed by atoms with Crippen LogP contribution in [0.25, 0.3) is 0 Å². The summed E-state index contributed by atoms with van der Waals surface area (Å²) in [5.41, 5.74) is 0. The molecule has 0 fully saturated rings. The summed E-state index contributed by atoms with van der Waals surface area (Å²) in [6, 6.07) is 0. The van der Waals surface area contributed by atoms with Crippen molar-refractivity contribution in [2.24, 2.45) is 5.90 Å². The van der Waals surface area contributed by atoms with E-state index < -0.39 is 38.8 Å². The molecule has 110 valence electrons. The van der Waals surface area contributed by atoms with E-state index >= 15 is 0 Å². The van der Waals surface area contributed by atoms with Crippen LogP contribution in [0.5, 0.6) is 0 Å². The molecule has 11 nitrogen and oxygen atoms in total. The van der Waals surface area contributed by atoms with Crippen molar-refractivity contribution in [3.8, 4) is 0 Å². The van der Waals surface area contributed by atoms with Gasteiger partial charge >= 0.3 is 7.82 Å². The predicted octanol–water partition coefficient (Wildman–Crippen LogP) is -4.41. The van der Waals surface area contributed by atoms with Gasteiger partial charge in [-0.2, -0.15) is 0 Å². The van der Waals surface area contributed by atoms with Crippen LogP contribution in [0.4, 0.5) is 0 Å². The number of carbonyl (C=O) groups excluding carboxylic acids is 1. The maximum atomic E-state index is 10.2. The minimum absolute atomic E-state index is 0.179. The third kappa shape index (κ3) is 10.7. The Labute approximate surface area is 101 Å². The first-order chi connectivity index (χ1) is 8.08. The Bertz CT molecular complexity index is 261. The van der Waals surface area contributed by atoms with Gasteiger partial charge in [0.25, 0.3) is 0 Å². The molecular formula is C6H16NO10P. The standard InChI is InChI=1S/C6H13NO6.H3O4P/c7-13-4(2-9)6(12)5(11)3(10)1-8;1-5(2,3)4/h2-6,8,10-12H,1,7H2;(H3,1,2,3,4). The average molecular weight is 293 g/mol. The summed E-state index contributed by atoms with van der Waals surface area (Å²) in [6.07, 6.45) is -6.17. The number of hydrogen-bond acceptors (Lipinski definition) is 8. The number of aldehydes is 1. The molecule has 0 saturated heterocycles. The first-order valence-corrected chi connectivity index (χ1v) is 5.89. The highest BCUT2D eigenvalue weighted by atomic mass is 31.2. The molecule has 0 aliphatic carbocycles. The molecule has 0 aromatic rings. The highest BCUT2D eigenvalue weighted by Crippen LogP contribution is 2.25. The molecule has 0 aromatic heterocycles. The van der Waals surface area contributed by atoms with Gasteiger partial charge in [0.15, 0.2) is 12.4 Å². The molecule has 9 N–H and O–H groups in total. The van der Waals surface area contributed by atoms with Crippen molar-refractivity contribution in [2.75, 3.05) is 6.61 Å². The highest BCUT2D eigenvalue weighted by Gasteiger charge is 2.31. The van der Waals surface area contributed by atoms with Crippen molar-refractivity contribution < 1.29 is 49.3 Å². The molecule has 0 radical (unpaired) electrons. The minimum Gasteiger partial charge on any atom is -0.394 e. The summed E-state index contributed by atoms with van der Waals surface area (Å²) in [6.45, 7) is -0.742. The van der Waals surface area contributed by atoms with E-state index in [4.69, 9.17) is 39.7 Å². The summed E-state index contributed by atoms with van der Waals surface area (Å²) in [7, 11) is -4.64. The lowest BCUT2D eigenvalue weighted by Gasteiger charge is -2.23. The fourth-order valence-corrected chi connectivity index (χ4v) is 0.723. The van der Waals surface area contributed by atoms with Crippen LogP contribution in [0.3, 0.4) is 0 Å². The van der Waals surface area contributed by atoms with Crippen LogP contribution in [-0.4, -0.2) is 72.4 Å². The second kappa shape index (κ2) is 9.47. The van der Waals surface area contributed by atoms with Gasteiger partial charge in [-0.05, 0) is 0 Å². The zero-order valence-electron chi connectivity index (χ0n) is 8.97. The number of carbonyl (C=O) groups is 1. The maximum absolute atomic E-state index is 10.2. The van der Waals surface area contributed by atoms with Crippen molar-refractivity contribution in [3.63, 3.8) is 0 Å². The molecule has 0 spiro atoms. The zero-order chi connectivity index (χ0) is 14.9. The number of nitrogens with two attached hydrogens (primary N) is 1. The van der Waals surface area contributed by atoms with E-state index in [0.29, 0.717) is 0 Å². The summed E-state index contributed by atoms with van der Waals surface area (Å²) in [5, 5.41) is 35.5. The second-order valence-electron chi connectivity index (χ2n) is 2.98. The van der Waals surface area contributed by atoms with Crippen molar-refractivity contribution in [1.29, 1.82) is 0 Å². The molecule has 0 aromatic carbocycles. The number of phosphoric acid groups is 1. The largest absolute Gasteiger partial charge is 0.466 e. The number of aliphatic hydroxyl groups excluding tert-OH is 4. The van der Waals surface area contributed by atoms with Crippen LogP contribution in [0.15, 0.2) is 0 Å². The van der Waals surface area contributed by atoms with Crippen LogP contribution in [0, 0.1) is 0 Å². The van der Waals surface area contributed by atoms with Gasteiger partial charge in [-0.25, -0.2) is 10.5 Å².